The first-order valence-corrected chi connectivity index (χ1v) is 8.76. The van der Waals surface area contributed by atoms with Gasteiger partial charge in [-0.25, -0.2) is 0 Å². The van der Waals surface area contributed by atoms with E-state index in [-0.39, 0.29) is 0 Å². The van der Waals surface area contributed by atoms with E-state index in [0.717, 1.165) is 31.2 Å². The van der Waals surface area contributed by atoms with Crippen LogP contribution in [0.5, 0.6) is 0 Å². The molecule has 1 aliphatic heterocycles. The van der Waals surface area contributed by atoms with Gasteiger partial charge < -0.3 is 9.80 Å². The van der Waals surface area contributed by atoms with E-state index in [2.05, 4.69) is 60.8 Å². The summed E-state index contributed by atoms with van der Waals surface area (Å²) in [5.41, 5.74) is 2.51. The predicted octanol–water partition coefficient (Wildman–Crippen LogP) is 3.54. The zero-order valence-corrected chi connectivity index (χ0v) is 15.2. The van der Waals surface area contributed by atoms with Gasteiger partial charge in [0.05, 0.1) is 10.7 Å². The Labute approximate surface area is 140 Å². The van der Waals surface area contributed by atoms with E-state index in [4.69, 9.17) is 11.6 Å². The molecule has 0 unspecified atom stereocenters. The Morgan fingerprint density at radius 2 is 1.82 bits per heavy atom. The summed E-state index contributed by atoms with van der Waals surface area (Å²) in [5.74, 6) is 0.528. The molecule has 4 heteroatoms. The Balaban J connectivity index is 1.86. The first kappa shape index (κ1) is 17.6. The van der Waals surface area contributed by atoms with Gasteiger partial charge in [-0.15, -0.1) is 0 Å². The van der Waals surface area contributed by atoms with Crippen molar-refractivity contribution in [1.82, 2.24) is 9.80 Å². The molecule has 1 aromatic rings. The number of piperazine rings is 1. The molecule has 1 aromatic carbocycles. The normalized spacial score (nSPS) is 16.8. The second-order valence-electron chi connectivity index (χ2n) is 6.85. The SMILES string of the molecule is CC(C)c1ccc(N2CCN(CCCN(C)C)CC2)c(Cl)c1. The van der Waals surface area contributed by atoms with Gasteiger partial charge >= 0.3 is 0 Å². The first-order chi connectivity index (χ1) is 10.5. The quantitative estimate of drug-likeness (QED) is 0.793. The molecule has 22 heavy (non-hydrogen) atoms. The van der Waals surface area contributed by atoms with E-state index in [1.165, 1.54) is 30.8 Å². The standard InChI is InChI=1S/C18H30ClN3/c1-15(2)16-6-7-18(17(19)14-16)22-12-10-21(11-13-22)9-5-8-20(3)4/h6-7,14-15H,5,8-13H2,1-4H3. The molecular formula is C18H30ClN3. The van der Waals surface area contributed by atoms with Crippen molar-refractivity contribution < 1.29 is 0 Å². The van der Waals surface area contributed by atoms with Crippen LogP contribution in [-0.4, -0.2) is 63.2 Å². The fourth-order valence-corrected chi connectivity index (χ4v) is 3.27. The van der Waals surface area contributed by atoms with Crippen molar-refractivity contribution in [3.63, 3.8) is 0 Å². The molecule has 0 atom stereocenters. The van der Waals surface area contributed by atoms with E-state index >= 15 is 0 Å². The van der Waals surface area contributed by atoms with Gasteiger partial charge in [-0.1, -0.05) is 31.5 Å². The van der Waals surface area contributed by atoms with Crippen LogP contribution in [0.1, 0.15) is 31.7 Å². The minimum absolute atomic E-state index is 0.528. The van der Waals surface area contributed by atoms with Crippen molar-refractivity contribution in [2.75, 3.05) is 58.3 Å². The molecule has 2 rings (SSSR count). The topological polar surface area (TPSA) is 9.72 Å². The number of halogens is 1. The van der Waals surface area contributed by atoms with E-state index in [0.29, 0.717) is 5.92 Å². The summed E-state index contributed by atoms with van der Waals surface area (Å²) in [4.78, 5) is 7.25. The van der Waals surface area contributed by atoms with Crippen molar-refractivity contribution in [2.45, 2.75) is 26.2 Å². The lowest BCUT2D eigenvalue weighted by molar-refractivity contribution is 0.242. The highest BCUT2D eigenvalue weighted by atomic mass is 35.5. The molecular weight excluding hydrogens is 294 g/mol. The van der Waals surface area contributed by atoms with Crippen molar-refractivity contribution in [1.29, 1.82) is 0 Å². The van der Waals surface area contributed by atoms with Gasteiger partial charge in [-0.3, -0.25) is 4.90 Å². The highest BCUT2D eigenvalue weighted by Crippen LogP contribution is 2.30. The van der Waals surface area contributed by atoms with Crippen LogP contribution < -0.4 is 4.90 Å². The van der Waals surface area contributed by atoms with Crippen molar-refractivity contribution in [2.24, 2.45) is 0 Å². The van der Waals surface area contributed by atoms with Gasteiger partial charge in [-0.2, -0.15) is 0 Å². The molecule has 1 fully saturated rings. The number of nitrogens with zero attached hydrogens (tertiary/aromatic N) is 3. The third-order valence-electron chi connectivity index (χ3n) is 4.43. The second-order valence-corrected chi connectivity index (χ2v) is 7.26. The lowest BCUT2D eigenvalue weighted by Gasteiger charge is -2.36. The molecule has 124 valence electrons. The fraction of sp³-hybridized carbons (Fsp3) is 0.667. The number of hydrogen-bond donors (Lipinski definition) is 0. The number of rotatable bonds is 6. The summed E-state index contributed by atoms with van der Waals surface area (Å²) in [6.45, 7) is 11.2. The van der Waals surface area contributed by atoms with Gasteiger partial charge in [0.1, 0.15) is 0 Å². The maximum atomic E-state index is 6.50. The molecule has 1 heterocycles. The summed E-state index contributed by atoms with van der Waals surface area (Å²) in [6, 6.07) is 6.54. The summed E-state index contributed by atoms with van der Waals surface area (Å²) in [5, 5.41) is 0.896. The third kappa shape index (κ3) is 4.87. The number of benzene rings is 1. The minimum atomic E-state index is 0.528. The van der Waals surface area contributed by atoms with Gasteiger partial charge in [-0.05, 0) is 57.2 Å². The predicted molar refractivity (Wildman–Crippen MR) is 97.4 cm³/mol. The summed E-state index contributed by atoms with van der Waals surface area (Å²) in [7, 11) is 4.28. The Hall–Kier alpha value is -0.770. The Morgan fingerprint density at radius 1 is 1.14 bits per heavy atom. The number of anilines is 1. The molecule has 1 saturated heterocycles. The molecule has 0 aliphatic carbocycles. The molecule has 0 radical (unpaired) electrons. The largest absolute Gasteiger partial charge is 0.368 e. The van der Waals surface area contributed by atoms with Crippen molar-refractivity contribution in [3.8, 4) is 0 Å². The van der Waals surface area contributed by atoms with Crippen LogP contribution in [-0.2, 0) is 0 Å². The Morgan fingerprint density at radius 3 is 2.36 bits per heavy atom. The molecule has 0 spiro atoms. The van der Waals surface area contributed by atoms with Crippen LogP contribution in [0.4, 0.5) is 5.69 Å². The first-order valence-electron chi connectivity index (χ1n) is 8.39. The van der Waals surface area contributed by atoms with Gasteiger partial charge in [0.2, 0.25) is 0 Å². The molecule has 0 amide bonds. The Kier molecular flexibility index (Phi) is 6.54. The second kappa shape index (κ2) is 8.19. The van der Waals surface area contributed by atoms with Gasteiger partial charge in [0.25, 0.3) is 0 Å². The number of hydrogen-bond acceptors (Lipinski definition) is 3. The van der Waals surface area contributed by atoms with Crippen molar-refractivity contribution >= 4 is 17.3 Å². The van der Waals surface area contributed by atoms with Crippen LogP contribution in [0, 0.1) is 0 Å². The highest BCUT2D eigenvalue weighted by Gasteiger charge is 2.19. The smallest absolute Gasteiger partial charge is 0.0642 e. The zero-order valence-electron chi connectivity index (χ0n) is 14.5. The van der Waals surface area contributed by atoms with Crippen LogP contribution in [0.3, 0.4) is 0 Å². The monoisotopic (exact) mass is 323 g/mol. The maximum Gasteiger partial charge on any atom is 0.0642 e. The van der Waals surface area contributed by atoms with Crippen LogP contribution in [0.15, 0.2) is 18.2 Å². The molecule has 3 nitrogen and oxygen atoms in total. The molecule has 1 aliphatic rings. The van der Waals surface area contributed by atoms with Gasteiger partial charge in [0.15, 0.2) is 0 Å². The molecule has 0 aromatic heterocycles. The molecule has 0 bridgehead atoms. The van der Waals surface area contributed by atoms with Crippen LogP contribution >= 0.6 is 11.6 Å². The summed E-state index contributed by atoms with van der Waals surface area (Å²) < 4.78 is 0. The summed E-state index contributed by atoms with van der Waals surface area (Å²) in [6.07, 6.45) is 1.25. The summed E-state index contributed by atoms with van der Waals surface area (Å²) >= 11 is 6.50. The van der Waals surface area contributed by atoms with E-state index in [1.54, 1.807) is 0 Å². The highest BCUT2D eigenvalue weighted by molar-refractivity contribution is 6.33. The van der Waals surface area contributed by atoms with E-state index in [9.17, 15) is 0 Å². The fourth-order valence-electron chi connectivity index (χ4n) is 2.96. The maximum absolute atomic E-state index is 6.50. The van der Waals surface area contributed by atoms with Crippen molar-refractivity contribution in [3.05, 3.63) is 28.8 Å². The molecule has 0 N–H and O–H groups in total. The molecule has 0 saturated carbocycles. The average molecular weight is 324 g/mol. The Bertz CT molecular complexity index is 465. The zero-order chi connectivity index (χ0) is 16.1. The lowest BCUT2D eigenvalue weighted by Crippen LogP contribution is -2.47. The van der Waals surface area contributed by atoms with Crippen LogP contribution in [0.25, 0.3) is 0 Å². The van der Waals surface area contributed by atoms with Crippen LogP contribution in [0.2, 0.25) is 5.02 Å². The third-order valence-corrected chi connectivity index (χ3v) is 4.73. The average Bonchev–Trinajstić information content (AvgIpc) is 2.47. The van der Waals surface area contributed by atoms with E-state index in [1.807, 2.05) is 0 Å². The van der Waals surface area contributed by atoms with Gasteiger partial charge in [0, 0.05) is 26.2 Å². The van der Waals surface area contributed by atoms with E-state index < -0.39 is 0 Å². The lowest BCUT2D eigenvalue weighted by atomic mass is 10.0. The minimum Gasteiger partial charge on any atom is -0.368 e.